The number of amides is 2. The van der Waals surface area contributed by atoms with Crippen molar-refractivity contribution >= 4 is 11.8 Å². The molecule has 2 amide bonds. The summed E-state index contributed by atoms with van der Waals surface area (Å²) in [5.41, 5.74) is 1.62. The van der Waals surface area contributed by atoms with E-state index in [1.165, 1.54) is 4.90 Å². The summed E-state index contributed by atoms with van der Waals surface area (Å²) < 4.78 is 5.96. The van der Waals surface area contributed by atoms with Crippen molar-refractivity contribution in [1.82, 2.24) is 10.2 Å². The van der Waals surface area contributed by atoms with Crippen LogP contribution in [0, 0.1) is 0 Å². The van der Waals surface area contributed by atoms with Gasteiger partial charge >= 0.3 is 0 Å². The predicted octanol–water partition coefficient (Wildman–Crippen LogP) is 3.17. The molecule has 0 radical (unpaired) electrons. The summed E-state index contributed by atoms with van der Waals surface area (Å²) >= 11 is 0. The Morgan fingerprint density at radius 1 is 0.963 bits per heavy atom. The average Bonchev–Trinajstić information content (AvgIpc) is 2.62. The van der Waals surface area contributed by atoms with Crippen LogP contribution >= 0.6 is 0 Å². The summed E-state index contributed by atoms with van der Waals surface area (Å²) in [4.78, 5) is 25.8. The lowest BCUT2D eigenvalue weighted by atomic mass is 10.0. The summed E-state index contributed by atoms with van der Waals surface area (Å²) in [5.74, 6) is -0.433. The van der Waals surface area contributed by atoms with Gasteiger partial charge in [0.25, 0.3) is 0 Å². The molecule has 0 unspecified atom stereocenters. The molecular formula is C22H28N2O3. The topological polar surface area (TPSA) is 58.6 Å². The number of nitrogens with zero attached hydrogens (tertiary/aromatic N) is 1. The Morgan fingerprint density at radius 3 is 1.89 bits per heavy atom. The normalized spacial score (nSPS) is 11.3. The van der Waals surface area contributed by atoms with Crippen LogP contribution in [0.4, 0.5) is 0 Å². The van der Waals surface area contributed by atoms with E-state index in [-0.39, 0.29) is 36.6 Å². The molecule has 1 N–H and O–H groups in total. The monoisotopic (exact) mass is 368 g/mol. The highest BCUT2D eigenvalue weighted by atomic mass is 16.5. The zero-order valence-electron chi connectivity index (χ0n) is 16.4. The van der Waals surface area contributed by atoms with Gasteiger partial charge in [-0.05, 0) is 31.9 Å². The zero-order valence-corrected chi connectivity index (χ0v) is 16.4. The molecule has 0 heterocycles. The summed E-state index contributed by atoms with van der Waals surface area (Å²) in [5, 5.41) is 2.85. The lowest BCUT2D eigenvalue weighted by Crippen LogP contribution is -2.46. The van der Waals surface area contributed by atoms with Gasteiger partial charge in [0.05, 0.1) is 6.54 Å². The largest absolute Gasteiger partial charge is 0.359 e. The zero-order chi connectivity index (χ0) is 19.9. The summed E-state index contributed by atoms with van der Waals surface area (Å²) in [6.07, 6.45) is -0.340. The van der Waals surface area contributed by atoms with E-state index < -0.39 is 0 Å². The SMILES string of the molecule is CN(CC(=O)NC(C)(C)C)C(=O)COC(c1ccccc1)c1ccccc1. The van der Waals surface area contributed by atoms with Gasteiger partial charge in [0, 0.05) is 12.6 Å². The molecule has 2 rings (SSSR count). The molecule has 0 bridgehead atoms. The van der Waals surface area contributed by atoms with Gasteiger partial charge in [0.1, 0.15) is 12.7 Å². The maximum atomic E-state index is 12.4. The molecule has 2 aromatic rings. The van der Waals surface area contributed by atoms with Crippen LogP contribution < -0.4 is 5.32 Å². The quantitative estimate of drug-likeness (QED) is 0.817. The van der Waals surface area contributed by atoms with Crippen molar-refractivity contribution in [2.45, 2.75) is 32.4 Å². The van der Waals surface area contributed by atoms with Crippen LogP contribution in [0.1, 0.15) is 38.0 Å². The molecule has 0 aromatic heterocycles. The van der Waals surface area contributed by atoms with E-state index in [1.54, 1.807) is 7.05 Å². The van der Waals surface area contributed by atoms with Crippen molar-refractivity contribution in [3.8, 4) is 0 Å². The molecule has 144 valence electrons. The summed E-state index contributed by atoms with van der Waals surface area (Å²) in [6.45, 7) is 5.61. The Labute approximate surface area is 161 Å². The van der Waals surface area contributed by atoms with Crippen LogP contribution in [0.15, 0.2) is 60.7 Å². The lowest BCUT2D eigenvalue weighted by Gasteiger charge is -2.24. The van der Waals surface area contributed by atoms with Gasteiger partial charge in [0.15, 0.2) is 0 Å². The van der Waals surface area contributed by atoms with Crippen molar-refractivity contribution in [3.05, 3.63) is 71.8 Å². The molecular weight excluding hydrogens is 340 g/mol. The second kappa shape index (κ2) is 9.33. The van der Waals surface area contributed by atoms with Crippen molar-refractivity contribution in [2.24, 2.45) is 0 Å². The third-order valence-corrected chi connectivity index (χ3v) is 3.90. The number of ether oxygens (including phenoxy) is 1. The third-order valence-electron chi connectivity index (χ3n) is 3.90. The summed E-state index contributed by atoms with van der Waals surface area (Å²) in [7, 11) is 1.61. The molecule has 0 fully saturated rings. The number of nitrogens with one attached hydrogen (secondary N) is 1. The van der Waals surface area contributed by atoms with E-state index in [4.69, 9.17) is 4.74 Å². The first kappa shape index (κ1) is 20.6. The Kier molecular flexibility index (Phi) is 7.13. The van der Waals surface area contributed by atoms with Gasteiger partial charge in [-0.3, -0.25) is 9.59 Å². The highest BCUT2D eigenvalue weighted by Gasteiger charge is 2.20. The van der Waals surface area contributed by atoms with E-state index in [9.17, 15) is 9.59 Å². The average molecular weight is 368 g/mol. The molecule has 0 aliphatic carbocycles. The van der Waals surface area contributed by atoms with Crippen molar-refractivity contribution in [3.63, 3.8) is 0 Å². The standard InChI is InChI=1S/C22H28N2O3/c1-22(2,3)23-19(25)15-24(4)20(26)16-27-21(17-11-7-5-8-12-17)18-13-9-6-10-14-18/h5-14,21H,15-16H2,1-4H3,(H,23,25). The van der Waals surface area contributed by atoms with Crippen LogP contribution in [0.3, 0.4) is 0 Å². The van der Waals surface area contributed by atoms with Crippen molar-refractivity contribution in [2.75, 3.05) is 20.2 Å². The maximum Gasteiger partial charge on any atom is 0.248 e. The van der Waals surface area contributed by atoms with Crippen LogP contribution in [0.2, 0.25) is 0 Å². The van der Waals surface area contributed by atoms with E-state index in [2.05, 4.69) is 5.32 Å². The van der Waals surface area contributed by atoms with Gasteiger partial charge in [0.2, 0.25) is 11.8 Å². The smallest absolute Gasteiger partial charge is 0.248 e. The van der Waals surface area contributed by atoms with Gasteiger partial charge in [-0.25, -0.2) is 0 Å². The van der Waals surface area contributed by atoms with Gasteiger partial charge < -0.3 is 15.0 Å². The molecule has 2 aromatic carbocycles. The highest BCUT2D eigenvalue weighted by Crippen LogP contribution is 2.25. The number of hydrogen-bond donors (Lipinski definition) is 1. The molecule has 0 aliphatic heterocycles. The van der Waals surface area contributed by atoms with E-state index in [0.29, 0.717) is 0 Å². The predicted molar refractivity (Wildman–Crippen MR) is 106 cm³/mol. The Hall–Kier alpha value is -2.66. The lowest BCUT2D eigenvalue weighted by molar-refractivity contribution is -0.140. The molecule has 0 saturated carbocycles. The van der Waals surface area contributed by atoms with Gasteiger partial charge in [-0.1, -0.05) is 60.7 Å². The number of carbonyl (C=O) groups excluding carboxylic acids is 2. The fraction of sp³-hybridized carbons (Fsp3) is 0.364. The van der Waals surface area contributed by atoms with Gasteiger partial charge in [-0.15, -0.1) is 0 Å². The van der Waals surface area contributed by atoms with E-state index in [0.717, 1.165) is 11.1 Å². The molecule has 5 nitrogen and oxygen atoms in total. The molecule has 5 heteroatoms. The number of benzene rings is 2. The number of hydrogen-bond acceptors (Lipinski definition) is 3. The first-order valence-electron chi connectivity index (χ1n) is 9.03. The Morgan fingerprint density at radius 2 is 1.44 bits per heavy atom. The van der Waals surface area contributed by atoms with Crippen LogP contribution in [-0.2, 0) is 14.3 Å². The minimum atomic E-state index is -0.340. The maximum absolute atomic E-state index is 12.4. The van der Waals surface area contributed by atoms with E-state index in [1.807, 2.05) is 81.4 Å². The minimum Gasteiger partial charge on any atom is -0.359 e. The first-order valence-corrected chi connectivity index (χ1v) is 9.03. The molecule has 0 spiro atoms. The van der Waals surface area contributed by atoms with Crippen LogP contribution in [0.5, 0.6) is 0 Å². The fourth-order valence-electron chi connectivity index (χ4n) is 2.67. The Balaban J connectivity index is 2.00. The van der Waals surface area contributed by atoms with Crippen LogP contribution in [0.25, 0.3) is 0 Å². The molecule has 0 aliphatic rings. The van der Waals surface area contributed by atoms with Crippen molar-refractivity contribution < 1.29 is 14.3 Å². The van der Waals surface area contributed by atoms with E-state index >= 15 is 0 Å². The van der Waals surface area contributed by atoms with Crippen molar-refractivity contribution in [1.29, 1.82) is 0 Å². The third kappa shape index (κ3) is 6.87. The van der Waals surface area contributed by atoms with Gasteiger partial charge in [-0.2, -0.15) is 0 Å². The number of carbonyl (C=O) groups is 2. The van der Waals surface area contributed by atoms with Crippen LogP contribution in [-0.4, -0.2) is 42.5 Å². The minimum absolute atomic E-state index is 0.000798. The fourth-order valence-corrected chi connectivity index (χ4v) is 2.67. The first-order chi connectivity index (χ1) is 12.8. The molecule has 0 atom stereocenters. The second-order valence-electron chi connectivity index (χ2n) is 7.56. The second-order valence-corrected chi connectivity index (χ2v) is 7.56. The Bertz CT molecular complexity index is 700. The molecule has 0 saturated heterocycles. The summed E-state index contributed by atoms with van der Waals surface area (Å²) in [6, 6.07) is 19.6. The molecule has 27 heavy (non-hydrogen) atoms. The number of likely N-dealkylation sites (N-methyl/N-ethyl adjacent to an activating group) is 1. The highest BCUT2D eigenvalue weighted by molar-refractivity contribution is 5.85. The number of rotatable bonds is 7.